The zero-order valence-electron chi connectivity index (χ0n) is 5.59. The van der Waals surface area contributed by atoms with Crippen LogP contribution in [0.15, 0.2) is 24.0 Å². The smallest absolute Gasteiger partial charge is 0.101 e. The Kier molecular flexibility index (Phi) is 1.72. The second-order valence-corrected chi connectivity index (χ2v) is 4.27. The summed E-state index contributed by atoms with van der Waals surface area (Å²) < 4.78 is 6.16. The highest BCUT2D eigenvalue weighted by molar-refractivity contribution is 14.1. The lowest BCUT2D eigenvalue weighted by Crippen LogP contribution is -2.10. The zero-order valence-corrected chi connectivity index (χ0v) is 7.74. The van der Waals surface area contributed by atoms with Crippen molar-refractivity contribution in [2.24, 2.45) is 5.92 Å². The molecule has 1 aliphatic heterocycles. The summed E-state index contributed by atoms with van der Waals surface area (Å²) in [6.07, 6.45) is 7.56. The molecule has 1 aliphatic carbocycles. The quantitative estimate of drug-likeness (QED) is 0.472. The van der Waals surface area contributed by atoms with Gasteiger partial charge in [-0.2, -0.15) is 0 Å². The SMILES string of the molecule is IC1COC2=CC=CCC21. The first-order chi connectivity index (χ1) is 4.88. The topological polar surface area (TPSA) is 9.23 Å². The van der Waals surface area contributed by atoms with Gasteiger partial charge < -0.3 is 4.74 Å². The van der Waals surface area contributed by atoms with Crippen LogP contribution in [0.25, 0.3) is 0 Å². The van der Waals surface area contributed by atoms with Crippen LogP contribution in [0.4, 0.5) is 0 Å². The molecule has 0 aromatic rings. The first-order valence-electron chi connectivity index (χ1n) is 3.51. The molecule has 0 amide bonds. The molecule has 1 fully saturated rings. The van der Waals surface area contributed by atoms with Crippen LogP contribution in [0.2, 0.25) is 0 Å². The molecule has 54 valence electrons. The fraction of sp³-hybridized carbons (Fsp3) is 0.500. The second-order valence-electron chi connectivity index (χ2n) is 2.67. The van der Waals surface area contributed by atoms with Gasteiger partial charge >= 0.3 is 0 Å². The van der Waals surface area contributed by atoms with E-state index in [-0.39, 0.29) is 0 Å². The van der Waals surface area contributed by atoms with Crippen molar-refractivity contribution < 1.29 is 4.74 Å². The van der Waals surface area contributed by atoms with Gasteiger partial charge in [0.05, 0.1) is 3.92 Å². The minimum Gasteiger partial charge on any atom is -0.496 e. The lowest BCUT2D eigenvalue weighted by atomic mass is 9.98. The van der Waals surface area contributed by atoms with Gasteiger partial charge in [-0.3, -0.25) is 0 Å². The van der Waals surface area contributed by atoms with Gasteiger partial charge in [0.1, 0.15) is 12.4 Å². The predicted octanol–water partition coefficient (Wildman–Crippen LogP) is 2.28. The Morgan fingerprint density at radius 3 is 3.30 bits per heavy atom. The lowest BCUT2D eigenvalue weighted by molar-refractivity contribution is 0.260. The number of rotatable bonds is 0. The Morgan fingerprint density at radius 2 is 2.50 bits per heavy atom. The normalized spacial score (nSPS) is 36.7. The third-order valence-electron chi connectivity index (χ3n) is 2.00. The van der Waals surface area contributed by atoms with E-state index in [0.717, 1.165) is 6.61 Å². The fourth-order valence-corrected chi connectivity index (χ4v) is 2.23. The van der Waals surface area contributed by atoms with E-state index >= 15 is 0 Å². The third-order valence-corrected chi connectivity index (χ3v) is 3.23. The molecular weight excluding hydrogens is 239 g/mol. The molecule has 0 spiro atoms. The van der Waals surface area contributed by atoms with E-state index in [2.05, 4.69) is 40.8 Å². The summed E-state index contributed by atoms with van der Waals surface area (Å²) >= 11 is 2.47. The summed E-state index contributed by atoms with van der Waals surface area (Å²) in [5.74, 6) is 1.87. The van der Waals surface area contributed by atoms with E-state index in [1.807, 2.05) is 0 Å². The molecule has 0 N–H and O–H groups in total. The summed E-state index contributed by atoms with van der Waals surface area (Å²) in [5.41, 5.74) is 0. The molecule has 1 nitrogen and oxygen atoms in total. The van der Waals surface area contributed by atoms with Crippen molar-refractivity contribution in [3.63, 3.8) is 0 Å². The molecule has 10 heavy (non-hydrogen) atoms. The van der Waals surface area contributed by atoms with E-state index < -0.39 is 0 Å². The average Bonchev–Trinajstić information content (AvgIpc) is 2.34. The van der Waals surface area contributed by atoms with Crippen molar-refractivity contribution in [3.05, 3.63) is 24.0 Å². The van der Waals surface area contributed by atoms with E-state index in [1.165, 1.54) is 12.2 Å². The van der Waals surface area contributed by atoms with Crippen molar-refractivity contribution in [2.45, 2.75) is 10.3 Å². The predicted molar refractivity (Wildman–Crippen MR) is 49.1 cm³/mol. The van der Waals surface area contributed by atoms with Crippen molar-refractivity contribution in [2.75, 3.05) is 6.61 Å². The van der Waals surface area contributed by atoms with Crippen molar-refractivity contribution in [1.82, 2.24) is 0 Å². The summed E-state index contributed by atoms with van der Waals surface area (Å²) in [6, 6.07) is 0. The molecule has 0 saturated carbocycles. The molecular formula is C8H9IO. The summed E-state index contributed by atoms with van der Waals surface area (Å²) in [4.78, 5) is 0. The number of hydrogen-bond acceptors (Lipinski definition) is 1. The van der Waals surface area contributed by atoms with Crippen LogP contribution >= 0.6 is 22.6 Å². The van der Waals surface area contributed by atoms with Crippen molar-refractivity contribution >= 4 is 22.6 Å². The number of ether oxygens (including phenoxy) is 1. The molecule has 2 aliphatic rings. The average molecular weight is 248 g/mol. The maximum absolute atomic E-state index is 5.47. The van der Waals surface area contributed by atoms with Crippen LogP contribution in [0.3, 0.4) is 0 Å². The first-order valence-corrected chi connectivity index (χ1v) is 4.76. The molecule has 2 atom stereocenters. The maximum atomic E-state index is 5.47. The van der Waals surface area contributed by atoms with Crippen molar-refractivity contribution in [1.29, 1.82) is 0 Å². The highest BCUT2D eigenvalue weighted by Gasteiger charge is 2.31. The largest absolute Gasteiger partial charge is 0.496 e. The Bertz CT molecular complexity index is 195. The number of fused-ring (bicyclic) bond motifs is 1. The third kappa shape index (κ3) is 0.983. The van der Waals surface area contributed by atoms with Gasteiger partial charge in [-0.15, -0.1) is 0 Å². The van der Waals surface area contributed by atoms with Crippen LogP contribution in [0, 0.1) is 5.92 Å². The van der Waals surface area contributed by atoms with E-state index in [9.17, 15) is 0 Å². The molecule has 1 heterocycles. The van der Waals surface area contributed by atoms with Crippen LogP contribution in [0.5, 0.6) is 0 Å². The van der Waals surface area contributed by atoms with Gasteiger partial charge in [-0.25, -0.2) is 0 Å². The number of hydrogen-bond donors (Lipinski definition) is 0. The first kappa shape index (κ1) is 6.70. The molecule has 2 unspecified atom stereocenters. The minimum absolute atomic E-state index is 0.672. The molecule has 0 radical (unpaired) electrons. The lowest BCUT2D eigenvalue weighted by Gasteiger charge is -2.11. The zero-order chi connectivity index (χ0) is 6.97. The van der Waals surface area contributed by atoms with Crippen LogP contribution in [-0.2, 0) is 4.74 Å². The fourth-order valence-electron chi connectivity index (χ4n) is 1.40. The summed E-state index contributed by atoms with van der Waals surface area (Å²) in [7, 11) is 0. The van der Waals surface area contributed by atoms with Gasteiger partial charge in [-0.1, -0.05) is 34.7 Å². The molecule has 0 aromatic carbocycles. The molecule has 1 saturated heterocycles. The highest BCUT2D eigenvalue weighted by atomic mass is 127. The molecule has 2 heteroatoms. The van der Waals surface area contributed by atoms with Gasteiger partial charge in [0.15, 0.2) is 0 Å². The van der Waals surface area contributed by atoms with Gasteiger partial charge in [-0.05, 0) is 12.5 Å². The maximum Gasteiger partial charge on any atom is 0.101 e. The highest BCUT2D eigenvalue weighted by Crippen LogP contribution is 2.35. The summed E-state index contributed by atoms with van der Waals surface area (Å²) in [5, 5.41) is 0. The van der Waals surface area contributed by atoms with Gasteiger partial charge in [0, 0.05) is 5.92 Å². The monoisotopic (exact) mass is 248 g/mol. The number of alkyl halides is 1. The number of allylic oxidation sites excluding steroid dienone is 4. The van der Waals surface area contributed by atoms with Crippen molar-refractivity contribution in [3.8, 4) is 0 Å². The van der Waals surface area contributed by atoms with Crippen LogP contribution in [-0.4, -0.2) is 10.5 Å². The standard InChI is InChI=1S/C8H9IO/c9-7-5-10-8-4-2-1-3-6(7)8/h1-2,4,6-7H,3,5H2. The molecule has 2 rings (SSSR count). The van der Waals surface area contributed by atoms with E-state index in [4.69, 9.17) is 4.74 Å². The van der Waals surface area contributed by atoms with E-state index in [0.29, 0.717) is 9.84 Å². The number of halogens is 1. The van der Waals surface area contributed by atoms with Gasteiger partial charge in [0.2, 0.25) is 0 Å². The molecule has 0 bridgehead atoms. The Morgan fingerprint density at radius 1 is 1.60 bits per heavy atom. The Labute approximate surface area is 74.3 Å². The molecule has 0 aromatic heterocycles. The van der Waals surface area contributed by atoms with Crippen LogP contribution < -0.4 is 0 Å². The second kappa shape index (κ2) is 2.57. The van der Waals surface area contributed by atoms with Crippen LogP contribution in [0.1, 0.15) is 6.42 Å². The Balaban J connectivity index is 2.23. The van der Waals surface area contributed by atoms with Gasteiger partial charge in [0.25, 0.3) is 0 Å². The Hall–Kier alpha value is 0.0100. The summed E-state index contributed by atoms with van der Waals surface area (Å²) in [6.45, 7) is 0.902. The minimum atomic E-state index is 0.672. The van der Waals surface area contributed by atoms with E-state index in [1.54, 1.807) is 0 Å².